The molecule has 0 aliphatic rings. The summed E-state index contributed by atoms with van der Waals surface area (Å²) in [5.41, 5.74) is -0.0696. The minimum Gasteiger partial charge on any atom is -0.307 e. The highest BCUT2D eigenvalue weighted by molar-refractivity contribution is 6.03. The zero-order chi connectivity index (χ0) is 14.7. The van der Waals surface area contributed by atoms with E-state index in [4.69, 9.17) is 0 Å². The summed E-state index contributed by atoms with van der Waals surface area (Å²) < 4.78 is 27.8. The van der Waals surface area contributed by atoms with Gasteiger partial charge in [0.05, 0.1) is 6.20 Å². The second kappa shape index (κ2) is 5.81. The van der Waals surface area contributed by atoms with Gasteiger partial charge in [0.1, 0.15) is 17.5 Å². The Balaban J connectivity index is 2.17. The third kappa shape index (κ3) is 3.40. The molecule has 0 saturated carbocycles. The van der Waals surface area contributed by atoms with Gasteiger partial charge in [0.25, 0.3) is 5.91 Å². The molecule has 0 aliphatic heterocycles. The summed E-state index contributed by atoms with van der Waals surface area (Å²) in [5, 5.41) is 6.69. The predicted octanol–water partition coefficient (Wildman–Crippen LogP) is 3.07. The topological polar surface area (TPSA) is 46.9 Å². The van der Waals surface area contributed by atoms with E-state index >= 15 is 0 Å². The van der Waals surface area contributed by atoms with Crippen LogP contribution in [0, 0.1) is 17.6 Å². The van der Waals surface area contributed by atoms with Crippen molar-refractivity contribution in [1.29, 1.82) is 0 Å². The molecule has 6 heteroatoms. The molecule has 0 spiro atoms. The third-order valence-electron chi connectivity index (χ3n) is 2.62. The van der Waals surface area contributed by atoms with E-state index in [1.807, 2.05) is 13.8 Å². The van der Waals surface area contributed by atoms with Crippen LogP contribution < -0.4 is 5.32 Å². The number of amides is 1. The summed E-state index contributed by atoms with van der Waals surface area (Å²) in [6.45, 7) is 4.69. The molecule has 2 aromatic rings. The smallest absolute Gasteiger partial charge is 0.257 e. The first kappa shape index (κ1) is 14.2. The van der Waals surface area contributed by atoms with Crippen LogP contribution in [0.3, 0.4) is 0 Å². The van der Waals surface area contributed by atoms with Gasteiger partial charge in [-0.1, -0.05) is 13.8 Å². The van der Waals surface area contributed by atoms with Crippen LogP contribution in [-0.4, -0.2) is 15.7 Å². The Morgan fingerprint density at radius 3 is 2.55 bits per heavy atom. The maximum absolute atomic E-state index is 13.1. The number of rotatable bonds is 4. The average molecular weight is 279 g/mol. The molecule has 0 fully saturated rings. The summed E-state index contributed by atoms with van der Waals surface area (Å²) in [4.78, 5) is 12.0. The molecule has 0 saturated heterocycles. The highest BCUT2D eigenvalue weighted by Crippen LogP contribution is 2.13. The van der Waals surface area contributed by atoms with E-state index in [-0.39, 0.29) is 5.56 Å². The molecule has 106 valence electrons. The van der Waals surface area contributed by atoms with Gasteiger partial charge in [-0.05, 0) is 18.1 Å². The van der Waals surface area contributed by atoms with Crippen molar-refractivity contribution in [1.82, 2.24) is 9.78 Å². The first-order chi connectivity index (χ1) is 9.45. The largest absolute Gasteiger partial charge is 0.307 e. The number of nitrogens with zero attached hydrogens (tertiary/aromatic N) is 2. The van der Waals surface area contributed by atoms with Gasteiger partial charge in [0.2, 0.25) is 0 Å². The van der Waals surface area contributed by atoms with Gasteiger partial charge in [-0.2, -0.15) is 5.10 Å². The molecule has 4 nitrogen and oxygen atoms in total. The highest BCUT2D eigenvalue weighted by Gasteiger charge is 2.12. The number of carbonyl (C=O) groups is 1. The van der Waals surface area contributed by atoms with Crippen LogP contribution >= 0.6 is 0 Å². The summed E-state index contributed by atoms with van der Waals surface area (Å²) in [6, 6.07) is 4.33. The van der Waals surface area contributed by atoms with E-state index < -0.39 is 17.5 Å². The molecule has 0 radical (unpaired) electrons. The average Bonchev–Trinajstić information content (AvgIpc) is 2.74. The standard InChI is InChI=1S/C14H15F2N3O/c1-9(2)8-19-13(3-4-17-19)18-14(20)10-5-11(15)7-12(16)6-10/h3-7,9H,8H2,1-2H3,(H,18,20). The number of benzene rings is 1. The first-order valence-electron chi connectivity index (χ1n) is 6.25. The molecule has 0 bridgehead atoms. The quantitative estimate of drug-likeness (QED) is 0.935. The van der Waals surface area contributed by atoms with Gasteiger partial charge in [-0.3, -0.25) is 4.79 Å². The number of hydrogen-bond donors (Lipinski definition) is 1. The Labute approximate surface area is 115 Å². The molecule has 0 atom stereocenters. The van der Waals surface area contributed by atoms with E-state index in [2.05, 4.69) is 10.4 Å². The molecule has 1 amide bonds. The van der Waals surface area contributed by atoms with Crippen molar-refractivity contribution in [2.45, 2.75) is 20.4 Å². The molecule has 2 rings (SSSR count). The van der Waals surface area contributed by atoms with Crippen molar-refractivity contribution in [3.63, 3.8) is 0 Å². The lowest BCUT2D eigenvalue weighted by atomic mass is 10.2. The molecule has 1 aromatic carbocycles. The summed E-state index contributed by atoms with van der Waals surface area (Å²) in [7, 11) is 0. The van der Waals surface area contributed by atoms with Gasteiger partial charge in [0, 0.05) is 24.2 Å². The van der Waals surface area contributed by atoms with Crippen LogP contribution in [0.1, 0.15) is 24.2 Å². The fourth-order valence-electron chi connectivity index (χ4n) is 1.80. The third-order valence-corrected chi connectivity index (χ3v) is 2.62. The van der Waals surface area contributed by atoms with Gasteiger partial charge >= 0.3 is 0 Å². The molecule has 0 unspecified atom stereocenters. The number of hydrogen-bond acceptors (Lipinski definition) is 2. The van der Waals surface area contributed by atoms with Crippen molar-refractivity contribution in [2.75, 3.05) is 5.32 Å². The van der Waals surface area contributed by atoms with Crippen LogP contribution in [0.25, 0.3) is 0 Å². The van der Waals surface area contributed by atoms with E-state index in [9.17, 15) is 13.6 Å². The van der Waals surface area contributed by atoms with Crippen LogP contribution in [-0.2, 0) is 6.54 Å². The molecule has 1 heterocycles. The van der Waals surface area contributed by atoms with Gasteiger partial charge in [-0.15, -0.1) is 0 Å². The van der Waals surface area contributed by atoms with E-state index in [1.54, 1.807) is 16.9 Å². The molecule has 1 N–H and O–H groups in total. The highest BCUT2D eigenvalue weighted by atomic mass is 19.1. The molecule has 20 heavy (non-hydrogen) atoms. The Kier molecular flexibility index (Phi) is 4.12. The fourth-order valence-corrected chi connectivity index (χ4v) is 1.80. The van der Waals surface area contributed by atoms with Crippen LogP contribution in [0.4, 0.5) is 14.6 Å². The lowest BCUT2D eigenvalue weighted by Crippen LogP contribution is -2.17. The second-order valence-corrected chi connectivity index (χ2v) is 4.90. The maximum atomic E-state index is 13.1. The van der Waals surface area contributed by atoms with Crippen molar-refractivity contribution in [3.05, 3.63) is 47.7 Å². The van der Waals surface area contributed by atoms with Crippen molar-refractivity contribution in [3.8, 4) is 0 Å². The Bertz CT molecular complexity index is 602. The van der Waals surface area contributed by atoms with Crippen molar-refractivity contribution >= 4 is 11.7 Å². The monoisotopic (exact) mass is 279 g/mol. The van der Waals surface area contributed by atoms with E-state index in [0.29, 0.717) is 18.3 Å². The minimum atomic E-state index is -0.786. The van der Waals surface area contributed by atoms with Gasteiger partial charge < -0.3 is 5.32 Å². The number of aromatic nitrogens is 2. The number of anilines is 1. The molecular formula is C14H15F2N3O. The normalized spacial score (nSPS) is 10.8. The second-order valence-electron chi connectivity index (χ2n) is 4.90. The fraction of sp³-hybridized carbons (Fsp3) is 0.286. The van der Waals surface area contributed by atoms with E-state index in [1.165, 1.54) is 0 Å². The van der Waals surface area contributed by atoms with Crippen LogP contribution in [0.15, 0.2) is 30.5 Å². The molecule has 0 aliphatic carbocycles. The maximum Gasteiger partial charge on any atom is 0.257 e. The molecule has 1 aromatic heterocycles. The Morgan fingerprint density at radius 1 is 1.30 bits per heavy atom. The summed E-state index contributed by atoms with van der Waals surface area (Å²) in [6.07, 6.45) is 1.56. The Hall–Kier alpha value is -2.24. The lowest BCUT2D eigenvalue weighted by Gasteiger charge is -2.11. The summed E-state index contributed by atoms with van der Waals surface area (Å²) >= 11 is 0. The van der Waals surface area contributed by atoms with Crippen LogP contribution in [0.2, 0.25) is 0 Å². The minimum absolute atomic E-state index is 0.0696. The Morgan fingerprint density at radius 2 is 1.95 bits per heavy atom. The molecular weight excluding hydrogens is 264 g/mol. The zero-order valence-electron chi connectivity index (χ0n) is 11.2. The first-order valence-corrected chi connectivity index (χ1v) is 6.25. The van der Waals surface area contributed by atoms with Crippen molar-refractivity contribution in [2.24, 2.45) is 5.92 Å². The van der Waals surface area contributed by atoms with Gasteiger partial charge in [-0.25, -0.2) is 13.5 Å². The lowest BCUT2D eigenvalue weighted by molar-refractivity contribution is 0.102. The number of carbonyl (C=O) groups excluding carboxylic acids is 1. The SMILES string of the molecule is CC(C)Cn1nccc1NC(=O)c1cc(F)cc(F)c1. The zero-order valence-corrected chi connectivity index (χ0v) is 11.2. The van der Waals surface area contributed by atoms with E-state index in [0.717, 1.165) is 18.2 Å². The number of nitrogens with one attached hydrogen (secondary N) is 1. The van der Waals surface area contributed by atoms with Gasteiger partial charge in [0.15, 0.2) is 0 Å². The predicted molar refractivity (Wildman–Crippen MR) is 71.4 cm³/mol. The van der Waals surface area contributed by atoms with Crippen molar-refractivity contribution < 1.29 is 13.6 Å². The number of halogens is 2. The van der Waals surface area contributed by atoms with Crippen LogP contribution in [0.5, 0.6) is 0 Å². The summed E-state index contributed by atoms with van der Waals surface area (Å²) in [5.74, 6) is -1.30.